The summed E-state index contributed by atoms with van der Waals surface area (Å²) in [6.07, 6.45) is 3.87. The van der Waals surface area contributed by atoms with Crippen molar-refractivity contribution in [1.29, 1.82) is 0 Å². The van der Waals surface area contributed by atoms with Crippen LogP contribution in [0, 0.1) is 11.8 Å². The Balaban J connectivity index is 1.78. The van der Waals surface area contributed by atoms with E-state index in [0.29, 0.717) is 5.92 Å². The predicted octanol–water partition coefficient (Wildman–Crippen LogP) is -0.0454. The number of aliphatic hydroxyl groups excluding tert-OH is 1. The smallest absolute Gasteiger partial charge is 0.225 e. The fraction of sp³-hybridized carbons (Fsp3) is 0.909. The quantitative estimate of drug-likeness (QED) is 0.674. The van der Waals surface area contributed by atoms with Gasteiger partial charge in [-0.25, -0.2) is 0 Å². The van der Waals surface area contributed by atoms with Crippen LogP contribution in [0.2, 0.25) is 0 Å². The summed E-state index contributed by atoms with van der Waals surface area (Å²) in [5, 5.41) is 9.01. The first-order chi connectivity index (χ1) is 7.20. The zero-order chi connectivity index (χ0) is 10.8. The zero-order valence-corrected chi connectivity index (χ0v) is 9.06. The summed E-state index contributed by atoms with van der Waals surface area (Å²) in [7, 11) is 0. The molecule has 2 aliphatic rings. The zero-order valence-electron chi connectivity index (χ0n) is 9.06. The van der Waals surface area contributed by atoms with Gasteiger partial charge in [-0.1, -0.05) is 0 Å². The first kappa shape index (κ1) is 10.9. The molecular weight excluding hydrogens is 192 g/mol. The molecule has 3 N–H and O–H groups in total. The second kappa shape index (κ2) is 4.49. The summed E-state index contributed by atoms with van der Waals surface area (Å²) in [6, 6.07) is 0.197. The highest BCUT2D eigenvalue weighted by molar-refractivity contribution is 5.79. The second-order valence-corrected chi connectivity index (χ2v) is 4.90. The van der Waals surface area contributed by atoms with E-state index in [1.807, 2.05) is 4.90 Å². The monoisotopic (exact) mass is 212 g/mol. The van der Waals surface area contributed by atoms with Gasteiger partial charge in [0.25, 0.3) is 0 Å². The summed E-state index contributed by atoms with van der Waals surface area (Å²) in [6.45, 7) is 1.74. The van der Waals surface area contributed by atoms with Crippen LogP contribution in [-0.4, -0.2) is 41.7 Å². The van der Waals surface area contributed by atoms with Crippen LogP contribution in [0.1, 0.15) is 25.7 Å². The highest BCUT2D eigenvalue weighted by Gasteiger charge is 2.34. The number of hydrogen-bond donors (Lipinski definition) is 2. The molecule has 4 nitrogen and oxygen atoms in total. The Morgan fingerprint density at radius 3 is 2.33 bits per heavy atom. The lowest BCUT2D eigenvalue weighted by molar-refractivity contribution is -0.141. The number of likely N-dealkylation sites (tertiary alicyclic amines) is 1. The van der Waals surface area contributed by atoms with Crippen LogP contribution >= 0.6 is 0 Å². The molecule has 0 spiro atoms. The van der Waals surface area contributed by atoms with Crippen LogP contribution < -0.4 is 5.73 Å². The number of rotatable bonds is 2. The lowest BCUT2D eigenvalue weighted by atomic mass is 9.81. The van der Waals surface area contributed by atoms with Gasteiger partial charge in [-0.15, -0.1) is 0 Å². The molecule has 0 aromatic heterocycles. The van der Waals surface area contributed by atoms with E-state index in [1.165, 1.54) is 0 Å². The number of carbonyl (C=O) groups excluding carboxylic acids is 1. The fourth-order valence-corrected chi connectivity index (χ4v) is 2.54. The third-order valence-electron chi connectivity index (χ3n) is 3.68. The molecule has 1 amide bonds. The van der Waals surface area contributed by atoms with Gasteiger partial charge < -0.3 is 15.7 Å². The second-order valence-electron chi connectivity index (χ2n) is 4.90. The number of aliphatic hydroxyl groups is 1. The molecule has 4 heteroatoms. The Morgan fingerprint density at radius 2 is 1.87 bits per heavy atom. The Kier molecular flexibility index (Phi) is 3.26. The highest BCUT2D eigenvalue weighted by Crippen LogP contribution is 2.30. The van der Waals surface area contributed by atoms with Crippen molar-refractivity contribution in [2.75, 3.05) is 19.7 Å². The minimum Gasteiger partial charge on any atom is -0.396 e. The molecule has 1 heterocycles. The van der Waals surface area contributed by atoms with E-state index < -0.39 is 0 Å². The van der Waals surface area contributed by atoms with Crippen molar-refractivity contribution in [3.8, 4) is 0 Å². The van der Waals surface area contributed by atoms with Gasteiger partial charge in [-0.05, 0) is 31.6 Å². The minimum atomic E-state index is 0.195. The van der Waals surface area contributed by atoms with Crippen molar-refractivity contribution in [2.24, 2.45) is 17.6 Å². The van der Waals surface area contributed by atoms with Gasteiger partial charge in [0, 0.05) is 31.7 Å². The highest BCUT2D eigenvalue weighted by atomic mass is 16.3. The molecule has 2 rings (SSSR count). The van der Waals surface area contributed by atoms with Crippen molar-refractivity contribution in [2.45, 2.75) is 31.7 Å². The third-order valence-corrected chi connectivity index (χ3v) is 3.68. The molecule has 2 fully saturated rings. The van der Waals surface area contributed by atoms with E-state index in [1.54, 1.807) is 0 Å². The van der Waals surface area contributed by atoms with Crippen LogP contribution in [-0.2, 0) is 4.79 Å². The lowest BCUT2D eigenvalue weighted by Crippen LogP contribution is -2.59. The molecule has 1 saturated carbocycles. The minimum absolute atomic E-state index is 0.195. The molecule has 86 valence electrons. The Morgan fingerprint density at radius 1 is 1.27 bits per heavy atom. The van der Waals surface area contributed by atoms with Gasteiger partial charge in [0.05, 0.1) is 0 Å². The van der Waals surface area contributed by atoms with E-state index in [9.17, 15) is 4.79 Å². The molecule has 0 unspecified atom stereocenters. The van der Waals surface area contributed by atoms with Gasteiger partial charge in [0.2, 0.25) is 5.91 Å². The molecule has 0 radical (unpaired) electrons. The SMILES string of the molecule is NC1CN(C(=O)[C@H]2CC[C@H](CO)CC2)C1. The molecule has 0 aromatic rings. The number of nitrogens with two attached hydrogens (primary N) is 1. The van der Waals surface area contributed by atoms with Crippen molar-refractivity contribution in [3.63, 3.8) is 0 Å². The average molecular weight is 212 g/mol. The summed E-state index contributed by atoms with van der Waals surface area (Å²) in [5.74, 6) is 0.904. The normalized spacial score (nSPS) is 32.5. The van der Waals surface area contributed by atoms with Gasteiger partial charge in [0.1, 0.15) is 0 Å². The van der Waals surface area contributed by atoms with Crippen LogP contribution in [0.15, 0.2) is 0 Å². The Bertz CT molecular complexity index is 231. The Hall–Kier alpha value is -0.610. The Labute approximate surface area is 90.4 Å². The fourth-order valence-electron chi connectivity index (χ4n) is 2.54. The van der Waals surface area contributed by atoms with Crippen LogP contribution in [0.4, 0.5) is 0 Å². The third kappa shape index (κ3) is 2.32. The van der Waals surface area contributed by atoms with E-state index in [2.05, 4.69) is 0 Å². The number of hydrogen-bond acceptors (Lipinski definition) is 3. The van der Waals surface area contributed by atoms with E-state index >= 15 is 0 Å². The maximum absolute atomic E-state index is 11.9. The van der Waals surface area contributed by atoms with Crippen molar-refractivity contribution in [3.05, 3.63) is 0 Å². The number of nitrogens with zero attached hydrogens (tertiary/aromatic N) is 1. The first-order valence-corrected chi connectivity index (χ1v) is 5.86. The van der Waals surface area contributed by atoms with Gasteiger partial charge in [-0.3, -0.25) is 4.79 Å². The molecule has 1 aliphatic heterocycles. The van der Waals surface area contributed by atoms with E-state index in [4.69, 9.17) is 10.8 Å². The number of amides is 1. The number of carbonyl (C=O) groups is 1. The van der Waals surface area contributed by atoms with Crippen molar-refractivity contribution >= 4 is 5.91 Å². The maximum atomic E-state index is 11.9. The first-order valence-electron chi connectivity index (χ1n) is 5.86. The van der Waals surface area contributed by atoms with Gasteiger partial charge in [-0.2, -0.15) is 0 Å². The molecule has 1 aliphatic carbocycles. The lowest BCUT2D eigenvalue weighted by Gasteiger charge is -2.40. The van der Waals surface area contributed by atoms with E-state index in [-0.39, 0.29) is 24.5 Å². The molecule has 0 bridgehead atoms. The molecule has 1 saturated heterocycles. The van der Waals surface area contributed by atoms with Crippen molar-refractivity contribution < 1.29 is 9.90 Å². The van der Waals surface area contributed by atoms with Crippen LogP contribution in [0.25, 0.3) is 0 Å². The molecule has 0 aromatic carbocycles. The molecular formula is C11H20N2O2. The maximum Gasteiger partial charge on any atom is 0.225 e. The summed E-state index contributed by atoms with van der Waals surface area (Å²) < 4.78 is 0. The topological polar surface area (TPSA) is 66.6 Å². The van der Waals surface area contributed by atoms with Crippen LogP contribution in [0.5, 0.6) is 0 Å². The largest absolute Gasteiger partial charge is 0.396 e. The average Bonchev–Trinajstić information content (AvgIpc) is 2.24. The van der Waals surface area contributed by atoms with E-state index in [0.717, 1.165) is 38.8 Å². The summed E-state index contributed by atoms with van der Waals surface area (Å²) >= 11 is 0. The predicted molar refractivity (Wildman–Crippen MR) is 57.1 cm³/mol. The van der Waals surface area contributed by atoms with Crippen molar-refractivity contribution in [1.82, 2.24) is 4.90 Å². The summed E-state index contributed by atoms with van der Waals surface area (Å²) in [5.41, 5.74) is 5.65. The van der Waals surface area contributed by atoms with Gasteiger partial charge in [0.15, 0.2) is 0 Å². The summed E-state index contributed by atoms with van der Waals surface area (Å²) in [4.78, 5) is 13.8. The standard InChI is InChI=1S/C11H20N2O2/c12-10-5-13(6-10)11(15)9-3-1-8(7-14)2-4-9/h8-10,14H,1-7,12H2/t8-,9-. The van der Waals surface area contributed by atoms with Gasteiger partial charge >= 0.3 is 0 Å². The molecule has 15 heavy (non-hydrogen) atoms. The molecule has 0 atom stereocenters. The van der Waals surface area contributed by atoms with Crippen LogP contribution in [0.3, 0.4) is 0 Å².